The van der Waals surface area contributed by atoms with Crippen LogP contribution in [0.15, 0.2) is 24.3 Å². The van der Waals surface area contributed by atoms with Crippen molar-refractivity contribution in [1.82, 2.24) is 0 Å². The van der Waals surface area contributed by atoms with E-state index in [2.05, 4.69) is 5.32 Å². The molecule has 102 valence electrons. The summed E-state index contributed by atoms with van der Waals surface area (Å²) in [5.41, 5.74) is 1.20. The molecule has 19 heavy (non-hydrogen) atoms. The SMILES string of the molecule is CC(C)OCCOCC(=O)Nc1ccc(C#N)cc1. The van der Waals surface area contributed by atoms with E-state index in [0.717, 1.165) is 0 Å². The van der Waals surface area contributed by atoms with Gasteiger partial charge < -0.3 is 14.8 Å². The second kappa shape index (κ2) is 8.25. The van der Waals surface area contributed by atoms with Crippen molar-refractivity contribution in [3.63, 3.8) is 0 Å². The van der Waals surface area contributed by atoms with Crippen molar-refractivity contribution in [2.24, 2.45) is 0 Å². The third kappa shape index (κ3) is 6.55. The van der Waals surface area contributed by atoms with Gasteiger partial charge in [0, 0.05) is 5.69 Å². The lowest BCUT2D eigenvalue weighted by atomic mass is 10.2. The highest BCUT2D eigenvalue weighted by molar-refractivity contribution is 5.91. The first-order valence-corrected chi connectivity index (χ1v) is 6.11. The molecule has 0 spiro atoms. The molecule has 0 atom stereocenters. The summed E-state index contributed by atoms with van der Waals surface area (Å²) in [5.74, 6) is -0.228. The third-order valence-electron chi connectivity index (χ3n) is 2.21. The van der Waals surface area contributed by atoms with Crippen molar-refractivity contribution in [2.45, 2.75) is 20.0 Å². The molecule has 5 nitrogen and oxygen atoms in total. The van der Waals surface area contributed by atoms with Gasteiger partial charge in [0.15, 0.2) is 0 Å². The minimum Gasteiger partial charge on any atom is -0.376 e. The number of nitrogens with one attached hydrogen (secondary N) is 1. The van der Waals surface area contributed by atoms with Gasteiger partial charge in [0.05, 0.1) is 31.0 Å². The number of hydrogen-bond acceptors (Lipinski definition) is 4. The number of amides is 1. The number of carbonyl (C=O) groups is 1. The molecule has 1 amide bonds. The predicted octanol–water partition coefficient (Wildman–Crippen LogP) is 1.94. The van der Waals surface area contributed by atoms with E-state index >= 15 is 0 Å². The average Bonchev–Trinajstić information content (AvgIpc) is 2.39. The van der Waals surface area contributed by atoms with E-state index in [0.29, 0.717) is 24.5 Å². The van der Waals surface area contributed by atoms with Gasteiger partial charge in [0.1, 0.15) is 6.61 Å². The Balaban J connectivity index is 2.22. The van der Waals surface area contributed by atoms with Crippen molar-refractivity contribution in [3.8, 4) is 6.07 Å². The van der Waals surface area contributed by atoms with Gasteiger partial charge in [-0.1, -0.05) is 0 Å². The minimum absolute atomic E-state index is 0.0124. The molecule has 0 saturated heterocycles. The highest BCUT2D eigenvalue weighted by Gasteiger charge is 2.02. The van der Waals surface area contributed by atoms with Crippen molar-refractivity contribution in [2.75, 3.05) is 25.1 Å². The Morgan fingerprint density at radius 3 is 2.58 bits per heavy atom. The van der Waals surface area contributed by atoms with Gasteiger partial charge >= 0.3 is 0 Å². The molecule has 0 aromatic heterocycles. The molecule has 0 aliphatic rings. The molecule has 0 aliphatic carbocycles. The van der Waals surface area contributed by atoms with Crippen LogP contribution in [0.4, 0.5) is 5.69 Å². The van der Waals surface area contributed by atoms with E-state index in [1.165, 1.54) is 0 Å². The molecule has 0 saturated carbocycles. The standard InChI is InChI=1S/C14H18N2O3/c1-11(2)19-8-7-18-10-14(17)16-13-5-3-12(9-15)4-6-13/h3-6,11H,7-8,10H2,1-2H3,(H,16,17). The number of hydrogen-bond donors (Lipinski definition) is 1. The number of ether oxygens (including phenoxy) is 2. The van der Waals surface area contributed by atoms with Crippen LogP contribution in [0, 0.1) is 11.3 Å². The Kier molecular flexibility index (Phi) is 6.58. The summed E-state index contributed by atoms with van der Waals surface area (Å²) in [6.07, 6.45) is 0.163. The van der Waals surface area contributed by atoms with Gasteiger partial charge in [0.25, 0.3) is 0 Å². The lowest BCUT2D eigenvalue weighted by Crippen LogP contribution is -2.20. The normalized spacial score (nSPS) is 10.2. The summed E-state index contributed by atoms with van der Waals surface area (Å²) in [6, 6.07) is 8.66. The molecule has 0 bridgehead atoms. The lowest BCUT2D eigenvalue weighted by molar-refractivity contribution is -0.121. The van der Waals surface area contributed by atoms with Crippen LogP contribution in [-0.2, 0) is 14.3 Å². The summed E-state index contributed by atoms with van der Waals surface area (Å²) >= 11 is 0. The molecule has 0 fully saturated rings. The summed E-state index contributed by atoms with van der Waals surface area (Å²) in [6.45, 7) is 4.73. The van der Waals surface area contributed by atoms with E-state index in [-0.39, 0.29) is 18.6 Å². The molecule has 0 unspecified atom stereocenters. The Hall–Kier alpha value is -1.90. The zero-order valence-electron chi connectivity index (χ0n) is 11.2. The zero-order valence-corrected chi connectivity index (χ0v) is 11.2. The van der Waals surface area contributed by atoms with E-state index in [9.17, 15) is 4.79 Å². The summed E-state index contributed by atoms with van der Waals surface area (Å²) in [7, 11) is 0. The van der Waals surface area contributed by atoms with Gasteiger partial charge in [-0.05, 0) is 38.1 Å². The van der Waals surface area contributed by atoms with Crippen LogP contribution in [0.1, 0.15) is 19.4 Å². The smallest absolute Gasteiger partial charge is 0.250 e. The average molecular weight is 262 g/mol. The summed E-state index contributed by atoms with van der Waals surface area (Å²) < 4.78 is 10.5. The number of rotatable bonds is 7. The van der Waals surface area contributed by atoms with Crippen LogP contribution in [0.25, 0.3) is 0 Å². The van der Waals surface area contributed by atoms with Crippen LogP contribution < -0.4 is 5.32 Å². The minimum atomic E-state index is -0.228. The van der Waals surface area contributed by atoms with Crippen LogP contribution in [0.5, 0.6) is 0 Å². The first-order valence-electron chi connectivity index (χ1n) is 6.11. The highest BCUT2D eigenvalue weighted by Crippen LogP contribution is 2.08. The Morgan fingerprint density at radius 2 is 2.00 bits per heavy atom. The van der Waals surface area contributed by atoms with Gasteiger partial charge in [-0.25, -0.2) is 0 Å². The van der Waals surface area contributed by atoms with E-state index in [1.807, 2.05) is 19.9 Å². The topological polar surface area (TPSA) is 71.3 Å². The van der Waals surface area contributed by atoms with Crippen LogP contribution >= 0.6 is 0 Å². The molecule has 1 aromatic carbocycles. The molecule has 1 aromatic rings. The zero-order chi connectivity index (χ0) is 14.1. The summed E-state index contributed by atoms with van der Waals surface area (Å²) in [4.78, 5) is 11.5. The quantitative estimate of drug-likeness (QED) is 0.762. The molecule has 1 N–H and O–H groups in total. The second-order valence-corrected chi connectivity index (χ2v) is 4.21. The maximum Gasteiger partial charge on any atom is 0.250 e. The molecule has 1 rings (SSSR count). The van der Waals surface area contributed by atoms with Gasteiger partial charge in [-0.2, -0.15) is 5.26 Å². The van der Waals surface area contributed by atoms with Gasteiger partial charge in [0.2, 0.25) is 5.91 Å². The highest BCUT2D eigenvalue weighted by atomic mass is 16.5. The summed E-state index contributed by atoms with van der Waals surface area (Å²) in [5, 5.41) is 11.3. The molecule has 0 aliphatic heterocycles. The molecular formula is C14H18N2O3. The fourth-order valence-corrected chi connectivity index (χ4v) is 1.33. The molecule has 5 heteroatoms. The van der Waals surface area contributed by atoms with E-state index in [1.54, 1.807) is 24.3 Å². The van der Waals surface area contributed by atoms with E-state index < -0.39 is 0 Å². The van der Waals surface area contributed by atoms with E-state index in [4.69, 9.17) is 14.7 Å². The van der Waals surface area contributed by atoms with Crippen LogP contribution in [0.2, 0.25) is 0 Å². The fourth-order valence-electron chi connectivity index (χ4n) is 1.33. The van der Waals surface area contributed by atoms with Crippen LogP contribution in [-0.4, -0.2) is 31.8 Å². The Morgan fingerprint density at radius 1 is 1.32 bits per heavy atom. The first-order chi connectivity index (χ1) is 9.11. The number of nitrogens with zero attached hydrogens (tertiary/aromatic N) is 1. The fraction of sp³-hybridized carbons (Fsp3) is 0.429. The number of carbonyl (C=O) groups excluding carboxylic acids is 1. The maximum atomic E-state index is 11.5. The lowest BCUT2D eigenvalue weighted by Gasteiger charge is -2.08. The third-order valence-corrected chi connectivity index (χ3v) is 2.21. The number of benzene rings is 1. The molecule has 0 heterocycles. The van der Waals surface area contributed by atoms with Gasteiger partial charge in [-0.3, -0.25) is 4.79 Å². The second-order valence-electron chi connectivity index (χ2n) is 4.21. The number of anilines is 1. The molecular weight excluding hydrogens is 244 g/mol. The Labute approximate surface area is 113 Å². The van der Waals surface area contributed by atoms with Crippen molar-refractivity contribution < 1.29 is 14.3 Å². The van der Waals surface area contributed by atoms with Crippen molar-refractivity contribution >= 4 is 11.6 Å². The van der Waals surface area contributed by atoms with Crippen LogP contribution in [0.3, 0.4) is 0 Å². The Bertz CT molecular complexity index is 435. The van der Waals surface area contributed by atoms with Crippen molar-refractivity contribution in [3.05, 3.63) is 29.8 Å². The van der Waals surface area contributed by atoms with Gasteiger partial charge in [-0.15, -0.1) is 0 Å². The monoisotopic (exact) mass is 262 g/mol. The first kappa shape index (κ1) is 15.2. The van der Waals surface area contributed by atoms with Crippen molar-refractivity contribution in [1.29, 1.82) is 5.26 Å². The maximum absolute atomic E-state index is 11.5. The molecule has 0 radical (unpaired) electrons. The predicted molar refractivity (Wildman–Crippen MR) is 71.7 cm³/mol. The largest absolute Gasteiger partial charge is 0.376 e. The number of nitriles is 1.